The van der Waals surface area contributed by atoms with Crippen molar-refractivity contribution in [3.05, 3.63) is 112 Å². The predicted molar refractivity (Wildman–Crippen MR) is 152 cm³/mol. The van der Waals surface area contributed by atoms with Crippen molar-refractivity contribution in [2.45, 2.75) is 50.9 Å². The topological polar surface area (TPSA) is 81.5 Å². The summed E-state index contributed by atoms with van der Waals surface area (Å²) in [6, 6.07) is 17.5. The Balaban J connectivity index is 1.23. The Kier molecular flexibility index (Phi) is 7.34. The fourth-order valence-corrected chi connectivity index (χ4v) is 5.89. The Bertz CT molecular complexity index is 1450. The van der Waals surface area contributed by atoms with Crippen LogP contribution in [0.3, 0.4) is 0 Å². The maximum absolute atomic E-state index is 13.5. The van der Waals surface area contributed by atoms with Gasteiger partial charge in [-0.05, 0) is 60.2 Å². The summed E-state index contributed by atoms with van der Waals surface area (Å²) in [5.74, 6) is 0.782. The lowest BCUT2D eigenvalue weighted by atomic mass is 9.82. The van der Waals surface area contributed by atoms with E-state index in [9.17, 15) is 4.79 Å². The predicted octanol–water partition coefficient (Wildman–Crippen LogP) is 5.90. The first-order valence-electron chi connectivity index (χ1n) is 13.6. The Labute approximate surface area is 238 Å². The van der Waals surface area contributed by atoms with Gasteiger partial charge in [0, 0.05) is 30.2 Å². The van der Waals surface area contributed by atoms with E-state index < -0.39 is 0 Å². The number of benzene rings is 2. The first-order valence-corrected chi connectivity index (χ1v) is 14.0. The number of ether oxygens (including phenoxy) is 2. The smallest absolute Gasteiger partial charge is 0.410 e. The number of allylic oxidation sites excluding steroid dienone is 2. The lowest BCUT2D eigenvalue weighted by Crippen LogP contribution is -2.44. The summed E-state index contributed by atoms with van der Waals surface area (Å²) in [7, 11) is 0. The number of aryl methyl sites for hydroxylation is 1. The van der Waals surface area contributed by atoms with E-state index in [2.05, 4.69) is 28.4 Å². The van der Waals surface area contributed by atoms with Gasteiger partial charge in [0.25, 0.3) is 0 Å². The highest BCUT2D eigenvalue weighted by Gasteiger charge is 2.46. The molecule has 8 nitrogen and oxygen atoms in total. The molecule has 1 amide bonds. The van der Waals surface area contributed by atoms with Crippen LogP contribution >= 0.6 is 11.6 Å². The van der Waals surface area contributed by atoms with Crippen LogP contribution in [0.1, 0.15) is 43.4 Å². The molecule has 0 saturated carbocycles. The van der Waals surface area contributed by atoms with Crippen molar-refractivity contribution in [2.75, 3.05) is 13.2 Å². The van der Waals surface area contributed by atoms with Crippen molar-refractivity contribution in [1.82, 2.24) is 25.0 Å². The SMILES string of the molecule is CC12CC=C(Cl)C=C1C1=C(N2)C(c2ccc(OCCCn3cncn3)cc2)N(C(=O)OCc2ccccc2)CC1. The maximum Gasteiger partial charge on any atom is 0.410 e. The Hall–Kier alpha value is -4.04. The number of hydrogen-bond donors (Lipinski definition) is 1. The van der Waals surface area contributed by atoms with Gasteiger partial charge in [0.2, 0.25) is 0 Å². The van der Waals surface area contributed by atoms with E-state index in [4.69, 9.17) is 21.1 Å². The first kappa shape index (κ1) is 26.2. The van der Waals surface area contributed by atoms with Gasteiger partial charge in [0.15, 0.2) is 0 Å². The number of carbonyl (C=O) groups excluding carboxylic acids is 1. The molecule has 6 rings (SSSR count). The number of rotatable bonds is 8. The monoisotopic (exact) mass is 557 g/mol. The normalized spacial score (nSPS) is 21.6. The maximum atomic E-state index is 13.5. The molecular formula is C31H32ClN5O3. The van der Waals surface area contributed by atoms with E-state index >= 15 is 0 Å². The van der Waals surface area contributed by atoms with Gasteiger partial charge in [0.1, 0.15) is 31.1 Å². The third kappa shape index (κ3) is 5.36. The van der Waals surface area contributed by atoms with Crippen LogP contribution in [0.2, 0.25) is 0 Å². The lowest BCUT2D eigenvalue weighted by molar-refractivity contribution is 0.0822. The Morgan fingerprint density at radius 1 is 1.18 bits per heavy atom. The molecule has 3 aliphatic rings. The van der Waals surface area contributed by atoms with Crippen LogP contribution in [-0.2, 0) is 17.9 Å². The van der Waals surface area contributed by atoms with E-state index in [0.717, 1.165) is 53.4 Å². The second kappa shape index (κ2) is 11.2. The molecule has 2 unspecified atom stereocenters. The molecule has 2 aliphatic heterocycles. The van der Waals surface area contributed by atoms with Gasteiger partial charge >= 0.3 is 6.09 Å². The number of nitrogens with zero attached hydrogens (tertiary/aromatic N) is 4. The molecule has 0 saturated heterocycles. The standard InChI is InChI=1S/C31H32ClN5O3/c1-31-14-12-24(32)18-27(31)26-13-16-37(30(38)40-19-22-6-3-2-4-7-22)29(28(26)35-31)23-8-10-25(11-9-23)39-17-5-15-36-21-33-20-34-36/h2-4,6-12,18,20-21,29,35H,5,13-17,19H2,1H3. The molecule has 40 heavy (non-hydrogen) atoms. The summed E-state index contributed by atoms with van der Waals surface area (Å²) in [6.45, 7) is 4.29. The molecule has 1 aromatic heterocycles. The van der Waals surface area contributed by atoms with Crippen molar-refractivity contribution in [3.63, 3.8) is 0 Å². The molecule has 0 spiro atoms. The summed E-state index contributed by atoms with van der Waals surface area (Å²) < 4.78 is 13.6. The molecule has 3 heterocycles. The van der Waals surface area contributed by atoms with Gasteiger partial charge in [-0.15, -0.1) is 0 Å². The van der Waals surface area contributed by atoms with E-state index in [0.29, 0.717) is 13.2 Å². The van der Waals surface area contributed by atoms with Crippen LogP contribution in [-0.4, -0.2) is 44.4 Å². The van der Waals surface area contributed by atoms with Crippen molar-refractivity contribution in [3.8, 4) is 5.75 Å². The highest BCUT2D eigenvalue weighted by molar-refractivity contribution is 6.31. The lowest BCUT2D eigenvalue weighted by Gasteiger charge is -2.37. The molecule has 3 aromatic rings. The first-order chi connectivity index (χ1) is 19.5. The zero-order valence-electron chi connectivity index (χ0n) is 22.4. The fourth-order valence-electron chi connectivity index (χ4n) is 5.70. The molecule has 1 N–H and O–H groups in total. The van der Waals surface area contributed by atoms with Gasteiger partial charge < -0.3 is 14.8 Å². The molecule has 0 bridgehead atoms. The average Bonchev–Trinajstić information content (AvgIpc) is 3.60. The Morgan fingerprint density at radius 3 is 2.77 bits per heavy atom. The number of carbonyl (C=O) groups is 1. The fraction of sp³-hybridized carbons (Fsp3) is 0.323. The molecule has 0 radical (unpaired) electrons. The van der Waals surface area contributed by atoms with E-state index in [1.165, 1.54) is 17.5 Å². The minimum Gasteiger partial charge on any atom is -0.494 e. The van der Waals surface area contributed by atoms with Gasteiger partial charge in [0.05, 0.1) is 12.1 Å². The highest BCUT2D eigenvalue weighted by Crippen LogP contribution is 2.48. The molecule has 9 heteroatoms. The molecule has 1 aliphatic carbocycles. The minimum atomic E-state index is -0.333. The number of nitrogens with one attached hydrogen (secondary N) is 1. The zero-order valence-corrected chi connectivity index (χ0v) is 23.2. The summed E-state index contributed by atoms with van der Waals surface area (Å²) in [6.07, 6.45) is 9.35. The van der Waals surface area contributed by atoms with E-state index in [-0.39, 0.29) is 24.3 Å². The quantitative estimate of drug-likeness (QED) is 0.347. The number of hydrogen-bond acceptors (Lipinski definition) is 6. The highest BCUT2D eigenvalue weighted by atomic mass is 35.5. The minimum absolute atomic E-state index is 0.228. The van der Waals surface area contributed by atoms with Crippen molar-refractivity contribution < 1.29 is 14.3 Å². The van der Waals surface area contributed by atoms with Gasteiger partial charge in [-0.3, -0.25) is 9.58 Å². The third-order valence-electron chi connectivity index (χ3n) is 7.73. The summed E-state index contributed by atoms with van der Waals surface area (Å²) in [5.41, 5.74) is 5.19. The van der Waals surface area contributed by atoms with Crippen LogP contribution in [0, 0.1) is 0 Å². The summed E-state index contributed by atoms with van der Waals surface area (Å²) in [4.78, 5) is 19.3. The van der Waals surface area contributed by atoms with Gasteiger partial charge in [-0.2, -0.15) is 5.10 Å². The van der Waals surface area contributed by atoms with Crippen LogP contribution in [0.4, 0.5) is 4.79 Å². The number of amides is 1. The number of halogens is 1. The van der Waals surface area contributed by atoms with Crippen LogP contribution in [0.5, 0.6) is 5.75 Å². The van der Waals surface area contributed by atoms with Crippen molar-refractivity contribution in [1.29, 1.82) is 0 Å². The molecule has 2 atom stereocenters. The van der Waals surface area contributed by atoms with Crippen LogP contribution < -0.4 is 10.1 Å². The summed E-state index contributed by atoms with van der Waals surface area (Å²) >= 11 is 6.43. The summed E-state index contributed by atoms with van der Waals surface area (Å²) in [5, 5.41) is 8.66. The molecule has 206 valence electrons. The van der Waals surface area contributed by atoms with Crippen LogP contribution in [0.25, 0.3) is 0 Å². The van der Waals surface area contributed by atoms with Crippen LogP contribution in [0.15, 0.2) is 101 Å². The van der Waals surface area contributed by atoms with Gasteiger partial charge in [-0.1, -0.05) is 60.1 Å². The largest absolute Gasteiger partial charge is 0.494 e. The molecular weight excluding hydrogens is 526 g/mol. The van der Waals surface area contributed by atoms with Crippen molar-refractivity contribution >= 4 is 17.7 Å². The number of aromatic nitrogens is 3. The molecule has 2 aromatic carbocycles. The number of fused-ring (bicyclic) bond motifs is 2. The Morgan fingerprint density at radius 2 is 2.00 bits per heavy atom. The molecule has 0 fully saturated rings. The third-order valence-corrected chi connectivity index (χ3v) is 8.00. The van der Waals surface area contributed by atoms with Gasteiger partial charge in [-0.25, -0.2) is 9.78 Å². The average molecular weight is 558 g/mol. The zero-order chi connectivity index (χ0) is 27.5. The van der Waals surface area contributed by atoms with E-state index in [1.807, 2.05) is 65.6 Å². The van der Waals surface area contributed by atoms with Crippen molar-refractivity contribution in [2.24, 2.45) is 0 Å². The second-order valence-electron chi connectivity index (χ2n) is 10.5. The van der Waals surface area contributed by atoms with E-state index in [1.54, 1.807) is 11.0 Å². The second-order valence-corrected chi connectivity index (χ2v) is 11.0.